The third-order valence-electron chi connectivity index (χ3n) is 1.46. The summed E-state index contributed by atoms with van der Waals surface area (Å²) in [6, 6.07) is 0. The van der Waals surface area contributed by atoms with Gasteiger partial charge in [-0.3, -0.25) is 0 Å². The summed E-state index contributed by atoms with van der Waals surface area (Å²) in [6.45, 7) is 3.28. The average molecular weight is 214 g/mol. The van der Waals surface area contributed by atoms with Crippen LogP contribution in [0, 0.1) is 0 Å². The highest BCUT2D eigenvalue weighted by atomic mass is 19.1. The first-order chi connectivity index (χ1) is 7.13. The van der Waals surface area contributed by atoms with E-state index in [1.807, 2.05) is 0 Å². The molecule has 0 aliphatic carbocycles. The van der Waals surface area contributed by atoms with Gasteiger partial charge in [-0.15, -0.1) is 0 Å². The van der Waals surface area contributed by atoms with Crippen molar-refractivity contribution in [2.75, 3.05) is 6.61 Å². The molecule has 5 nitrogen and oxygen atoms in total. The third kappa shape index (κ3) is 3.49. The molecule has 0 saturated heterocycles. The van der Waals surface area contributed by atoms with Crippen LogP contribution in [-0.4, -0.2) is 22.7 Å². The summed E-state index contributed by atoms with van der Waals surface area (Å²) in [4.78, 5) is 14.6. The molecule has 0 amide bonds. The fourth-order valence-electron chi connectivity index (χ4n) is 0.806. The first-order valence-corrected chi connectivity index (χ1v) is 4.46. The number of ether oxygens (including phenoxy) is 1. The van der Waals surface area contributed by atoms with Crippen molar-refractivity contribution in [3.05, 3.63) is 17.8 Å². The molecule has 0 bridgehead atoms. The molecule has 1 aromatic heterocycles. The Kier molecular flexibility index (Phi) is 3.96. The molecule has 1 rings (SSSR count). The van der Waals surface area contributed by atoms with Gasteiger partial charge in [-0.2, -0.15) is 4.98 Å². The topological polar surface area (TPSA) is 65.2 Å². The van der Waals surface area contributed by atoms with E-state index in [4.69, 9.17) is 0 Å². The summed E-state index contributed by atoms with van der Waals surface area (Å²) >= 11 is 0. The molecular weight excluding hydrogens is 203 g/mol. The zero-order valence-corrected chi connectivity index (χ0v) is 8.44. The van der Waals surface area contributed by atoms with Gasteiger partial charge in [-0.25, -0.2) is 9.18 Å². The molecule has 0 N–H and O–H groups in total. The molecule has 1 heterocycles. The van der Waals surface area contributed by atoms with Crippen LogP contribution in [-0.2, 0) is 9.53 Å². The Morgan fingerprint density at radius 1 is 1.73 bits per heavy atom. The van der Waals surface area contributed by atoms with Crippen LogP contribution in [0.15, 0.2) is 10.6 Å². The van der Waals surface area contributed by atoms with Crippen molar-refractivity contribution < 1.29 is 18.4 Å². The predicted octanol–water partition coefficient (Wildman–Crippen LogP) is 1.68. The van der Waals surface area contributed by atoms with Gasteiger partial charge in [-0.05, 0) is 13.8 Å². The maximum Gasteiger partial charge on any atom is 0.330 e. The molecule has 6 heteroatoms. The zero-order valence-electron chi connectivity index (χ0n) is 8.44. The standard InChI is InChI=1S/C9H11FN2O3/c1-3-14-8(13)5-4-7-11-9(6(2)10)12-15-7/h4-6H,3H2,1-2H3/b5-4+/t6-/m0/s1. The largest absolute Gasteiger partial charge is 0.463 e. The van der Waals surface area contributed by atoms with Crippen LogP contribution in [0.3, 0.4) is 0 Å². The first-order valence-electron chi connectivity index (χ1n) is 4.46. The van der Waals surface area contributed by atoms with E-state index in [0.29, 0.717) is 6.61 Å². The summed E-state index contributed by atoms with van der Waals surface area (Å²) in [5.41, 5.74) is 0. The Morgan fingerprint density at radius 3 is 3.00 bits per heavy atom. The molecule has 0 saturated carbocycles. The number of alkyl halides is 1. The molecule has 15 heavy (non-hydrogen) atoms. The summed E-state index contributed by atoms with van der Waals surface area (Å²) in [5.74, 6) is -0.480. The van der Waals surface area contributed by atoms with Gasteiger partial charge >= 0.3 is 5.97 Å². The van der Waals surface area contributed by atoms with E-state index in [2.05, 4.69) is 19.4 Å². The lowest BCUT2D eigenvalue weighted by atomic mass is 10.4. The molecular formula is C9H11FN2O3. The minimum absolute atomic E-state index is 0.0430. The van der Waals surface area contributed by atoms with E-state index in [9.17, 15) is 9.18 Å². The van der Waals surface area contributed by atoms with Crippen molar-refractivity contribution in [3.8, 4) is 0 Å². The van der Waals surface area contributed by atoms with Gasteiger partial charge in [0.1, 0.15) is 0 Å². The van der Waals surface area contributed by atoms with Crippen LogP contribution in [0.1, 0.15) is 31.7 Å². The predicted molar refractivity (Wildman–Crippen MR) is 49.5 cm³/mol. The van der Waals surface area contributed by atoms with Gasteiger partial charge in [0, 0.05) is 12.2 Å². The second-order valence-corrected chi connectivity index (χ2v) is 2.69. The van der Waals surface area contributed by atoms with E-state index in [1.54, 1.807) is 6.92 Å². The van der Waals surface area contributed by atoms with E-state index in [1.165, 1.54) is 13.0 Å². The second-order valence-electron chi connectivity index (χ2n) is 2.69. The molecule has 0 radical (unpaired) electrons. The van der Waals surface area contributed by atoms with Crippen LogP contribution < -0.4 is 0 Å². The van der Waals surface area contributed by atoms with Crippen LogP contribution in [0.5, 0.6) is 0 Å². The number of nitrogens with zero attached hydrogens (tertiary/aromatic N) is 2. The average Bonchev–Trinajstić information content (AvgIpc) is 2.63. The van der Waals surface area contributed by atoms with Gasteiger partial charge in [-0.1, -0.05) is 5.16 Å². The Morgan fingerprint density at radius 2 is 2.47 bits per heavy atom. The van der Waals surface area contributed by atoms with Gasteiger partial charge in [0.15, 0.2) is 6.17 Å². The number of hydrogen-bond donors (Lipinski definition) is 0. The molecule has 0 fully saturated rings. The third-order valence-corrected chi connectivity index (χ3v) is 1.46. The van der Waals surface area contributed by atoms with E-state index < -0.39 is 12.1 Å². The second kappa shape index (κ2) is 5.23. The van der Waals surface area contributed by atoms with Crippen molar-refractivity contribution in [3.63, 3.8) is 0 Å². The van der Waals surface area contributed by atoms with Crippen molar-refractivity contribution in [1.82, 2.24) is 10.1 Å². The number of aromatic nitrogens is 2. The molecule has 0 spiro atoms. The highest BCUT2D eigenvalue weighted by Gasteiger charge is 2.10. The first kappa shape index (κ1) is 11.4. The lowest BCUT2D eigenvalue weighted by Gasteiger charge is -1.92. The highest BCUT2D eigenvalue weighted by Crippen LogP contribution is 2.12. The fraction of sp³-hybridized carbons (Fsp3) is 0.444. The molecule has 0 unspecified atom stereocenters. The zero-order chi connectivity index (χ0) is 11.3. The quantitative estimate of drug-likeness (QED) is 0.563. The smallest absolute Gasteiger partial charge is 0.330 e. The van der Waals surface area contributed by atoms with Crippen LogP contribution >= 0.6 is 0 Å². The maximum absolute atomic E-state index is 12.7. The lowest BCUT2D eigenvalue weighted by molar-refractivity contribution is -0.137. The molecule has 0 aliphatic rings. The maximum atomic E-state index is 12.7. The summed E-state index contributed by atoms with van der Waals surface area (Å²) in [7, 11) is 0. The van der Waals surface area contributed by atoms with Gasteiger partial charge in [0.2, 0.25) is 5.82 Å². The van der Waals surface area contributed by atoms with Crippen LogP contribution in [0.2, 0.25) is 0 Å². The van der Waals surface area contributed by atoms with E-state index >= 15 is 0 Å². The van der Waals surface area contributed by atoms with Gasteiger partial charge in [0.05, 0.1) is 6.61 Å². The van der Waals surface area contributed by atoms with E-state index in [0.717, 1.165) is 6.08 Å². The Labute approximate surface area is 85.9 Å². The van der Waals surface area contributed by atoms with Crippen molar-refractivity contribution in [1.29, 1.82) is 0 Å². The van der Waals surface area contributed by atoms with Gasteiger partial charge < -0.3 is 9.26 Å². The number of rotatable bonds is 4. The highest BCUT2D eigenvalue weighted by molar-refractivity contribution is 5.86. The molecule has 1 aromatic rings. The summed E-state index contributed by atoms with van der Waals surface area (Å²) < 4.78 is 22.0. The normalized spacial score (nSPS) is 13.0. The SMILES string of the molecule is CCOC(=O)/C=C/c1nc([C@H](C)F)no1. The monoisotopic (exact) mass is 214 g/mol. The fourth-order valence-corrected chi connectivity index (χ4v) is 0.806. The number of hydrogen-bond acceptors (Lipinski definition) is 5. The Bertz CT molecular complexity index is 360. The molecule has 1 atom stereocenters. The number of carbonyl (C=O) groups is 1. The van der Waals surface area contributed by atoms with Crippen molar-refractivity contribution in [2.45, 2.75) is 20.0 Å². The molecule has 82 valence electrons. The number of carbonyl (C=O) groups excluding carboxylic acids is 1. The van der Waals surface area contributed by atoms with Crippen molar-refractivity contribution >= 4 is 12.0 Å². The Hall–Kier alpha value is -1.72. The number of halogens is 1. The molecule has 0 aromatic carbocycles. The summed E-state index contributed by atoms with van der Waals surface area (Å²) in [5, 5.41) is 3.38. The minimum atomic E-state index is -1.29. The van der Waals surface area contributed by atoms with Crippen LogP contribution in [0.4, 0.5) is 4.39 Å². The minimum Gasteiger partial charge on any atom is -0.463 e. The summed E-state index contributed by atoms with van der Waals surface area (Å²) in [6.07, 6.45) is 1.12. The molecule has 0 aliphatic heterocycles. The number of esters is 1. The van der Waals surface area contributed by atoms with Gasteiger partial charge in [0.25, 0.3) is 5.89 Å². The Balaban J connectivity index is 2.60. The van der Waals surface area contributed by atoms with Crippen LogP contribution in [0.25, 0.3) is 6.08 Å². The van der Waals surface area contributed by atoms with Crippen molar-refractivity contribution in [2.24, 2.45) is 0 Å². The van der Waals surface area contributed by atoms with E-state index in [-0.39, 0.29) is 11.7 Å². The lowest BCUT2D eigenvalue weighted by Crippen LogP contribution is -1.98.